The van der Waals surface area contributed by atoms with Gasteiger partial charge in [-0.25, -0.2) is 4.98 Å². The normalized spacial score (nSPS) is 25.1. The molecule has 1 fully saturated rings. The number of anilines is 1. The molecule has 1 amide bonds. The van der Waals surface area contributed by atoms with E-state index in [1.807, 2.05) is 10.3 Å². The number of likely N-dealkylation sites (tertiary alicyclic amines) is 1. The molecule has 0 aromatic carbocycles. The molecule has 0 bridgehead atoms. The van der Waals surface area contributed by atoms with Gasteiger partial charge in [0.25, 0.3) is 0 Å². The molecule has 1 saturated heterocycles. The van der Waals surface area contributed by atoms with Gasteiger partial charge < -0.3 is 10.4 Å². The fraction of sp³-hybridized carbons (Fsp3) is 0.636. The lowest BCUT2D eigenvalue weighted by atomic mass is 10.0. The molecular formula is C11H17N3O2S. The fourth-order valence-corrected chi connectivity index (χ4v) is 2.75. The quantitative estimate of drug-likeness (QED) is 0.834. The van der Waals surface area contributed by atoms with Crippen molar-refractivity contribution in [1.29, 1.82) is 0 Å². The number of carbonyl (C=O) groups excluding carboxylic acids is 1. The maximum absolute atomic E-state index is 11.8. The molecule has 1 aromatic heterocycles. The summed E-state index contributed by atoms with van der Waals surface area (Å²) in [7, 11) is 0. The summed E-state index contributed by atoms with van der Waals surface area (Å²) in [4.78, 5) is 17.8. The zero-order valence-electron chi connectivity index (χ0n) is 9.80. The zero-order chi connectivity index (χ0) is 12.3. The molecule has 2 atom stereocenters. The second kappa shape index (κ2) is 5.57. The average molecular weight is 255 g/mol. The summed E-state index contributed by atoms with van der Waals surface area (Å²) >= 11 is 1.41. The number of nitrogens with one attached hydrogen (secondary N) is 1. The number of aliphatic hydroxyl groups is 1. The summed E-state index contributed by atoms with van der Waals surface area (Å²) in [5, 5.41) is 14.5. The van der Waals surface area contributed by atoms with Crippen LogP contribution in [0.3, 0.4) is 0 Å². The van der Waals surface area contributed by atoms with Crippen molar-refractivity contribution in [3.05, 3.63) is 11.6 Å². The van der Waals surface area contributed by atoms with Crippen LogP contribution in [0.15, 0.2) is 11.6 Å². The van der Waals surface area contributed by atoms with Crippen LogP contribution in [0.25, 0.3) is 0 Å². The van der Waals surface area contributed by atoms with Crippen LogP contribution in [0.2, 0.25) is 0 Å². The van der Waals surface area contributed by atoms with Crippen molar-refractivity contribution in [3.8, 4) is 0 Å². The standard InChI is InChI=1S/C11H17N3O2S/c1-8-2-4-14(9(8)7-15)6-10(16)13-11-12-3-5-17-11/h3,5,8-9,15H,2,4,6-7H2,1H3,(H,12,13,16). The van der Waals surface area contributed by atoms with Crippen molar-refractivity contribution in [1.82, 2.24) is 9.88 Å². The topological polar surface area (TPSA) is 65.5 Å². The number of nitrogens with zero attached hydrogens (tertiary/aromatic N) is 2. The third-order valence-corrected chi connectivity index (χ3v) is 3.90. The van der Waals surface area contributed by atoms with Crippen molar-refractivity contribution >= 4 is 22.4 Å². The molecule has 2 N–H and O–H groups in total. The van der Waals surface area contributed by atoms with Crippen molar-refractivity contribution in [2.24, 2.45) is 5.92 Å². The maximum Gasteiger partial charge on any atom is 0.240 e. The highest BCUT2D eigenvalue weighted by atomic mass is 32.1. The number of amides is 1. The molecule has 1 aliphatic heterocycles. The van der Waals surface area contributed by atoms with Gasteiger partial charge in [-0.3, -0.25) is 9.69 Å². The van der Waals surface area contributed by atoms with Crippen molar-refractivity contribution in [2.45, 2.75) is 19.4 Å². The van der Waals surface area contributed by atoms with Gasteiger partial charge in [0, 0.05) is 17.6 Å². The van der Waals surface area contributed by atoms with Gasteiger partial charge in [-0.2, -0.15) is 0 Å². The Bertz CT molecular complexity index is 369. The van der Waals surface area contributed by atoms with Gasteiger partial charge in [0.1, 0.15) is 0 Å². The first-order valence-corrected chi connectivity index (χ1v) is 6.63. The second-order valence-electron chi connectivity index (χ2n) is 4.37. The lowest BCUT2D eigenvalue weighted by Crippen LogP contribution is -2.40. The van der Waals surface area contributed by atoms with Gasteiger partial charge in [0.2, 0.25) is 5.91 Å². The molecular weight excluding hydrogens is 238 g/mol. The Morgan fingerprint density at radius 2 is 2.59 bits per heavy atom. The van der Waals surface area contributed by atoms with Crippen LogP contribution >= 0.6 is 11.3 Å². The molecule has 2 heterocycles. The summed E-state index contributed by atoms with van der Waals surface area (Å²) in [6, 6.07) is 0.108. The minimum absolute atomic E-state index is 0.0625. The van der Waals surface area contributed by atoms with Crippen molar-refractivity contribution in [3.63, 3.8) is 0 Å². The van der Waals surface area contributed by atoms with E-state index in [-0.39, 0.29) is 18.6 Å². The highest BCUT2D eigenvalue weighted by Crippen LogP contribution is 2.23. The predicted octanol–water partition coefficient (Wildman–Crippen LogP) is 0.784. The van der Waals surface area contributed by atoms with Crippen molar-refractivity contribution < 1.29 is 9.90 Å². The minimum Gasteiger partial charge on any atom is -0.395 e. The molecule has 0 radical (unpaired) electrons. The van der Waals surface area contributed by atoms with Crippen LogP contribution in [0.5, 0.6) is 0 Å². The number of aliphatic hydroxyl groups excluding tert-OH is 1. The number of aromatic nitrogens is 1. The number of hydrogen-bond donors (Lipinski definition) is 2. The Balaban J connectivity index is 1.86. The number of hydrogen-bond acceptors (Lipinski definition) is 5. The Morgan fingerprint density at radius 3 is 3.24 bits per heavy atom. The van der Waals surface area contributed by atoms with Crippen molar-refractivity contribution in [2.75, 3.05) is 25.0 Å². The van der Waals surface area contributed by atoms with E-state index >= 15 is 0 Å². The molecule has 0 spiro atoms. The summed E-state index contributed by atoms with van der Waals surface area (Å²) in [6.45, 7) is 3.43. The van der Waals surface area contributed by atoms with Gasteiger partial charge in [0.05, 0.1) is 13.2 Å². The summed E-state index contributed by atoms with van der Waals surface area (Å²) in [5.74, 6) is 0.389. The molecule has 6 heteroatoms. The van der Waals surface area contributed by atoms with E-state index in [4.69, 9.17) is 0 Å². The molecule has 17 heavy (non-hydrogen) atoms. The highest BCUT2D eigenvalue weighted by molar-refractivity contribution is 7.13. The fourth-order valence-electron chi connectivity index (χ4n) is 2.21. The van der Waals surface area contributed by atoms with Crippen LogP contribution in [-0.2, 0) is 4.79 Å². The maximum atomic E-state index is 11.8. The van der Waals surface area contributed by atoms with E-state index in [1.54, 1.807) is 6.20 Å². The number of carbonyl (C=O) groups is 1. The third-order valence-electron chi connectivity index (χ3n) is 3.21. The summed E-state index contributed by atoms with van der Waals surface area (Å²) in [6.07, 6.45) is 2.70. The van der Waals surface area contributed by atoms with E-state index in [2.05, 4.69) is 17.2 Å². The van der Waals surface area contributed by atoms with Gasteiger partial charge in [0.15, 0.2) is 5.13 Å². The minimum atomic E-state index is -0.0625. The Morgan fingerprint density at radius 1 is 1.76 bits per heavy atom. The largest absolute Gasteiger partial charge is 0.395 e. The van der Waals surface area contributed by atoms with E-state index in [9.17, 15) is 9.90 Å². The van der Waals surface area contributed by atoms with E-state index in [1.165, 1.54) is 11.3 Å². The molecule has 5 nitrogen and oxygen atoms in total. The third kappa shape index (κ3) is 3.02. The second-order valence-corrected chi connectivity index (χ2v) is 5.27. The van der Waals surface area contributed by atoms with Gasteiger partial charge >= 0.3 is 0 Å². The van der Waals surface area contributed by atoms with Gasteiger partial charge in [-0.15, -0.1) is 11.3 Å². The molecule has 0 saturated carbocycles. The molecule has 1 aliphatic rings. The highest BCUT2D eigenvalue weighted by Gasteiger charge is 2.31. The van der Waals surface area contributed by atoms with Gasteiger partial charge in [-0.05, 0) is 18.9 Å². The van der Waals surface area contributed by atoms with E-state index in [0.29, 0.717) is 17.6 Å². The Kier molecular flexibility index (Phi) is 4.09. The van der Waals surface area contributed by atoms with E-state index in [0.717, 1.165) is 13.0 Å². The first kappa shape index (κ1) is 12.5. The van der Waals surface area contributed by atoms with Crippen LogP contribution in [-0.4, -0.2) is 46.6 Å². The molecule has 0 aliphatic carbocycles. The molecule has 2 rings (SSSR count). The summed E-state index contributed by atoms with van der Waals surface area (Å²) < 4.78 is 0. The molecule has 94 valence electrons. The monoisotopic (exact) mass is 255 g/mol. The van der Waals surface area contributed by atoms with Crippen LogP contribution in [0, 0.1) is 5.92 Å². The van der Waals surface area contributed by atoms with Crippen LogP contribution in [0.4, 0.5) is 5.13 Å². The van der Waals surface area contributed by atoms with Crippen LogP contribution < -0.4 is 5.32 Å². The smallest absolute Gasteiger partial charge is 0.240 e. The molecule has 1 aromatic rings. The first-order valence-electron chi connectivity index (χ1n) is 5.75. The predicted molar refractivity (Wildman–Crippen MR) is 67.0 cm³/mol. The van der Waals surface area contributed by atoms with E-state index < -0.39 is 0 Å². The first-order chi connectivity index (χ1) is 8.20. The number of rotatable bonds is 4. The van der Waals surface area contributed by atoms with Crippen LogP contribution in [0.1, 0.15) is 13.3 Å². The SMILES string of the molecule is CC1CCN(CC(=O)Nc2nccs2)C1CO. The molecule has 2 unspecified atom stereocenters. The number of thiazole rings is 1. The zero-order valence-corrected chi connectivity index (χ0v) is 10.6. The average Bonchev–Trinajstić information content (AvgIpc) is 2.89. The lowest BCUT2D eigenvalue weighted by Gasteiger charge is -2.23. The lowest BCUT2D eigenvalue weighted by molar-refractivity contribution is -0.117. The Hall–Kier alpha value is -0.980. The van der Waals surface area contributed by atoms with Gasteiger partial charge in [-0.1, -0.05) is 6.92 Å². The Labute approximate surface area is 104 Å². The summed E-state index contributed by atoms with van der Waals surface area (Å²) in [5.41, 5.74) is 0.